The predicted octanol–water partition coefficient (Wildman–Crippen LogP) is 0.560. The van der Waals surface area contributed by atoms with E-state index in [1.807, 2.05) is 17.5 Å². The number of nitrogens with zero attached hydrogens (tertiary/aromatic N) is 1. The van der Waals surface area contributed by atoms with E-state index in [4.69, 9.17) is 5.73 Å². The number of nitrogens with one attached hydrogen (secondary N) is 1. The number of urea groups is 1. The topological polar surface area (TPSA) is 75.4 Å². The molecule has 92 valence electrons. The summed E-state index contributed by atoms with van der Waals surface area (Å²) < 4.78 is 0. The van der Waals surface area contributed by atoms with Gasteiger partial charge in [-0.25, -0.2) is 4.79 Å². The van der Waals surface area contributed by atoms with Crippen molar-refractivity contribution >= 4 is 23.3 Å². The van der Waals surface area contributed by atoms with Gasteiger partial charge in [0.25, 0.3) is 0 Å². The average molecular weight is 253 g/mol. The van der Waals surface area contributed by atoms with Gasteiger partial charge < -0.3 is 16.0 Å². The van der Waals surface area contributed by atoms with E-state index >= 15 is 0 Å². The SMILES string of the molecule is NC(=O)N1CCC(NC(=O)Cc2cccs2)C1. The van der Waals surface area contributed by atoms with Crippen LogP contribution in [-0.2, 0) is 11.2 Å². The molecule has 0 saturated carbocycles. The Hall–Kier alpha value is -1.56. The molecule has 0 spiro atoms. The van der Waals surface area contributed by atoms with E-state index in [0.717, 1.165) is 11.3 Å². The van der Waals surface area contributed by atoms with Crippen molar-refractivity contribution in [1.29, 1.82) is 0 Å². The van der Waals surface area contributed by atoms with Crippen LogP contribution in [0.2, 0.25) is 0 Å². The molecule has 1 fully saturated rings. The molecule has 1 unspecified atom stereocenters. The standard InChI is InChI=1S/C11H15N3O2S/c12-11(16)14-4-3-8(7-14)13-10(15)6-9-2-1-5-17-9/h1-2,5,8H,3-4,6-7H2,(H2,12,16)(H,13,15). The van der Waals surface area contributed by atoms with Crippen LogP contribution in [0, 0.1) is 0 Å². The van der Waals surface area contributed by atoms with Gasteiger partial charge in [-0.2, -0.15) is 0 Å². The molecule has 1 aliphatic rings. The van der Waals surface area contributed by atoms with Crippen LogP contribution >= 0.6 is 11.3 Å². The monoisotopic (exact) mass is 253 g/mol. The Balaban J connectivity index is 1.78. The maximum Gasteiger partial charge on any atom is 0.314 e. The highest BCUT2D eigenvalue weighted by Crippen LogP contribution is 2.11. The number of rotatable bonds is 3. The van der Waals surface area contributed by atoms with Crippen molar-refractivity contribution in [1.82, 2.24) is 10.2 Å². The minimum atomic E-state index is -0.417. The fourth-order valence-corrected chi connectivity index (χ4v) is 2.63. The van der Waals surface area contributed by atoms with E-state index < -0.39 is 6.03 Å². The molecule has 1 saturated heterocycles. The summed E-state index contributed by atoms with van der Waals surface area (Å²) in [5.41, 5.74) is 5.18. The zero-order valence-corrected chi connectivity index (χ0v) is 10.2. The van der Waals surface area contributed by atoms with Gasteiger partial charge in [0.2, 0.25) is 5.91 Å². The zero-order valence-electron chi connectivity index (χ0n) is 9.39. The van der Waals surface area contributed by atoms with E-state index in [9.17, 15) is 9.59 Å². The quantitative estimate of drug-likeness (QED) is 0.826. The highest BCUT2D eigenvalue weighted by atomic mass is 32.1. The summed E-state index contributed by atoms with van der Waals surface area (Å²) in [7, 11) is 0. The van der Waals surface area contributed by atoms with Gasteiger partial charge >= 0.3 is 6.03 Å². The number of carbonyl (C=O) groups excluding carboxylic acids is 2. The smallest absolute Gasteiger partial charge is 0.314 e. The Labute approximate surface area is 104 Å². The van der Waals surface area contributed by atoms with E-state index in [-0.39, 0.29) is 11.9 Å². The van der Waals surface area contributed by atoms with Crippen LogP contribution < -0.4 is 11.1 Å². The number of thiophene rings is 1. The average Bonchev–Trinajstić information content (AvgIpc) is 2.88. The first-order valence-corrected chi connectivity index (χ1v) is 6.39. The summed E-state index contributed by atoms with van der Waals surface area (Å²) in [5, 5.41) is 4.87. The molecule has 6 heteroatoms. The van der Waals surface area contributed by atoms with Gasteiger partial charge in [-0.15, -0.1) is 11.3 Å². The normalized spacial score (nSPS) is 19.3. The Bertz CT molecular complexity index is 405. The molecule has 0 radical (unpaired) electrons. The number of hydrogen-bond acceptors (Lipinski definition) is 3. The van der Waals surface area contributed by atoms with Crippen LogP contribution in [0.25, 0.3) is 0 Å². The summed E-state index contributed by atoms with van der Waals surface area (Å²) >= 11 is 1.57. The van der Waals surface area contributed by atoms with E-state index in [0.29, 0.717) is 19.5 Å². The number of carbonyl (C=O) groups is 2. The Morgan fingerprint density at radius 1 is 1.59 bits per heavy atom. The van der Waals surface area contributed by atoms with Crippen molar-refractivity contribution < 1.29 is 9.59 Å². The second kappa shape index (κ2) is 5.18. The summed E-state index contributed by atoms with van der Waals surface area (Å²) in [4.78, 5) is 25.2. The minimum Gasteiger partial charge on any atom is -0.351 e. The van der Waals surface area contributed by atoms with Crippen molar-refractivity contribution in [2.75, 3.05) is 13.1 Å². The number of amides is 3. The van der Waals surface area contributed by atoms with E-state index in [1.54, 1.807) is 16.2 Å². The highest BCUT2D eigenvalue weighted by Gasteiger charge is 2.25. The van der Waals surface area contributed by atoms with Crippen LogP contribution in [0.15, 0.2) is 17.5 Å². The van der Waals surface area contributed by atoms with Gasteiger partial charge in [0.1, 0.15) is 0 Å². The van der Waals surface area contributed by atoms with Crippen LogP contribution in [0.3, 0.4) is 0 Å². The van der Waals surface area contributed by atoms with Gasteiger partial charge in [-0.1, -0.05) is 6.07 Å². The third kappa shape index (κ3) is 3.20. The molecule has 3 N–H and O–H groups in total. The van der Waals surface area contributed by atoms with Gasteiger partial charge in [0.05, 0.1) is 6.42 Å². The Kier molecular flexibility index (Phi) is 3.63. The molecule has 1 atom stereocenters. The molecular formula is C11H15N3O2S. The molecule has 0 aromatic carbocycles. The number of nitrogens with two attached hydrogens (primary N) is 1. The molecule has 17 heavy (non-hydrogen) atoms. The Morgan fingerprint density at radius 2 is 2.41 bits per heavy atom. The molecule has 2 rings (SSSR count). The fourth-order valence-electron chi connectivity index (χ4n) is 1.93. The van der Waals surface area contributed by atoms with Crippen LogP contribution in [0.1, 0.15) is 11.3 Å². The lowest BCUT2D eigenvalue weighted by molar-refractivity contribution is -0.121. The predicted molar refractivity (Wildman–Crippen MR) is 65.7 cm³/mol. The molecule has 1 aliphatic heterocycles. The van der Waals surface area contributed by atoms with Crippen molar-refractivity contribution in [2.24, 2.45) is 5.73 Å². The third-order valence-electron chi connectivity index (χ3n) is 2.78. The molecule has 3 amide bonds. The zero-order chi connectivity index (χ0) is 12.3. The van der Waals surface area contributed by atoms with Gasteiger partial charge in [-0.05, 0) is 17.9 Å². The summed E-state index contributed by atoms with van der Waals surface area (Å²) in [6.07, 6.45) is 1.18. The summed E-state index contributed by atoms with van der Waals surface area (Å²) in [6.45, 7) is 1.14. The third-order valence-corrected chi connectivity index (χ3v) is 3.66. The second-order valence-corrected chi connectivity index (χ2v) is 5.13. The van der Waals surface area contributed by atoms with Crippen molar-refractivity contribution in [3.63, 3.8) is 0 Å². The van der Waals surface area contributed by atoms with Gasteiger partial charge in [0.15, 0.2) is 0 Å². The first kappa shape index (κ1) is 11.9. The Morgan fingerprint density at radius 3 is 3.00 bits per heavy atom. The fraction of sp³-hybridized carbons (Fsp3) is 0.455. The molecule has 1 aromatic rings. The van der Waals surface area contributed by atoms with Crippen LogP contribution in [-0.4, -0.2) is 36.0 Å². The molecule has 1 aromatic heterocycles. The summed E-state index contributed by atoms with van der Waals surface area (Å²) in [5.74, 6) is 0.00349. The van der Waals surface area contributed by atoms with Gasteiger partial charge in [0, 0.05) is 24.0 Å². The maximum atomic E-state index is 11.7. The first-order chi connectivity index (χ1) is 8.15. The number of hydrogen-bond donors (Lipinski definition) is 2. The molecule has 5 nitrogen and oxygen atoms in total. The first-order valence-electron chi connectivity index (χ1n) is 5.51. The summed E-state index contributed by atoms with van der Waals surface area (Å²) in [6, 6.07) is 3.49. The largest absolute Gasteiger partial charge is 0.351 e. The van der Waals surface area contributed by atoms with Gasteiger partial charge in [-0.3, -0.25) is 4.79 Å². The second-order valence-electron chi connectivity index (χ2n) is 4.09. The lowest BCUT2D eigenvalue weighted by atomic mass is 10.2. The van der Waals surface area contributed by atoms with Crippen molar-refractivity contribution in [3.8, 4) is 0 Å². The maximum absolute atomic E-state index is 11.7. The van der Waals surface area contributed by atoms with Crippen LogP contribution in [0.5, 0.6) is 0 Å². The molecular weight excluding hydrogens is 238 g/mol. The molecule has 0 aliphatic carbocycles. The van der Waals surface area contributed by atoms with Crippen molar-refractivity contribution in [2.45, 2.75) is 18.9 Å². The lowest BCUT2D eigenvalue weighted by Gasteiger charge is -2.14. The minimum absolute atomic E-state index is 0.00349. The molecule has 0 bridgehead atoms. The molecule has 2 heterocycles. The number of primary amides is 1. The van der Waals surface area contributed by atoms with Crippen LogP contribution in [0.4, 0.5) is 4.79 Å². The van der Waals surface area contributed by atoms with Crippen molar-refractivity contribution in [3.05, 3.63) is 22.4 Å². The van der Waals surface area contributed by atoms with E-state index in [1.165, 1.54) is 0 Å². The van der Waals surface area contributed by atoms with E-state index in [2.05, 4.69) is 5.32 Å². The lowest BCUT2D eigenvalue weighted by Crippen LogP contribution is -2.40. The number of likely N-dealkylation sites (tertiary alicyclic amines) is 1. The highest BCUT2D eigenvalue weighted by molar-refractivity contribution is 7.10.